The van der Waals surface area contributed by atoms with E-state index >= 15 is 0 Å². The van der Waals surface area contributed by atoms with Crippen LogP contribution in [0.5, 0.6) is 0 Å². The van der Waals surface area contributed by atoms with Gasteiger partial charge in [0.2, 0.25) is 5.82 Å². The highest BCUT2D eigenvalue weighted by Crippen LogP contribution is 2.17. The van der Waals surface area contributed by atoms with Gasteiger partial charge in [0.25, 0.3) is 0 Å². The molecular formula is C11H13FN2O4. The maximum absolute atomic E-state index is 13.3. The van der Waals surface area contributed by atoms with Crippen molar-refractivity contribution in [1.29, 1.82) is 0 Å². The lowest BCUT2D eigenvalue weighted by atomic mass is 10.2. The summed E-state index contributed by atoms with van der Waals surface area (Å²) in [7, 11) is 1.27. The van der Waals surface area contributed by atoms with Gasteiger partial charge in [0, 0.05) is 12.6 Å². The van der Waals surface area contributed by atoms with Crippen molar-refractivity contribution >= 4 is 11.7 Å². The smallest absolute Gasteiger partial charge is 0.322 e. The first-order valence-electron chi connectivity index (χ1n) is 5.19. The average Bonchev–Trinajstić information content (AvgIpc) is 2.34. The minimum atomic E-state index is -0.898. The Balaban J connectivity index is 2.67. The number of nitrogens with zero attached hydrogens (tertiary/aromatic N) is 1. The van der Waals surface area contributed by atoms with Gasteiger partial charge in [0.1, 0.15) is 6.04 Å². The second-order valence-corrected chi connectivity index (χ2v) is 3.67. The molecule has 0 bridgehead atoms. The minimum absolute atomic E-state index is 0.213. The van der Waals surface area contributed by atoms with E-state index in [0.29, 0.717) is 5.56 Å². The van der Waals surface area contributed by atoms with Gasteiger partial charge in [0.05, 0.1) is 12.0 Å². The maximum atomic E-state index is 13.3. The number of carbonyl (C=O) groups excluding carboxylic acids is 1. The molecule has 18 heavy (non-hydrogen) atoms. The highest BCUT2D eigenvalue weighted by molar-refractivity contribution is 5.75. The zero-order valence-corrected chi connectivity index (χ0v) is 9.97. The van der Waals surface area contributed by atoms with Gasteiger partial charge in [0.15, 0.2) is 0 Å². The molecule has 1 aromatic carbocycles. The second-order valence-electron chi connectivity index (χ2n) is 3.67. The number of esters is 1. The van der Waals surface area contributed by atoms with Crippen molar-refractivity contribution in [1.82, 2.24) is 5.32 Å². The van der Waals surface area contributed by atoms with Gasteiger partial charge in [-0.2, -0.15) is 4.39 Å². The third-order valence-electron chi connectivity index (χ3n) is 2.38. The van der Waals surface area contributed by atoms with Crippen LogP contribution in [0, 0.1) is 15.9 Å². The number of hydrogen-bond acceptors (Lipinski definition) is 5. The predicted octanol–water partition coefficient (Wildman–Crippen LogP) is 1.38. The molecule has 0 fully saturated rings. The minimum Gasteiger partial charge on any atom is -0.468 e. The Bertz CT molecular complexity index is 464. The first kappa shape index (κ1) is 14.0. The van der Waals surface area contributed by atoms with Gasteiger partial charge < -0.3 is 10.1 Å². The van der Waals surface area contributed by atoms with Crippen LogP contribution in [0.15, 0.2) is 18.2 Å². The van der Waals surface area contributed by atoms with E-state index in [-0.39, 0.29) is 6.54 Å². The Hall–Kier alpha value is -2.02. The molecule has 1 aromatic rings. The molecule has 0 aromatic heterocycles. The van der Waals surface area contributed by atoms with Crippen molar-refractivity contribution in [2.24, 2.45) is 0 Å². The zero-order chi connectivity index (χ0) is 13.7. The molecule has 0 radical (unpaired) electrons. The summed E-state index contributed by atoms with van der Waals surface area (Å²) in [6, 6.07) is 3.05. The summed E-state index contributed by atoms with van der Waals surface area (Å²) in [5.41, 5.74) is -0.0615. The average molecular weight is 256 g/mol. The number of nitro groups is 1. The van der Waals surface area contributed by atoms with Crippen molar-refractivity contribution in [2.45, 2.75) is 19.5 Å². The van der Waals surface area contributed by atoms with Crippen molar-refractivity contribution in [3.8, 4) is 0 Å². The fourth-order valence-corrected chi connectivity index (χ4v) is 1.34. The number of nitro benzene ring substituents is 1. The molecule has 7 heteroatoms. The molecular weight excluding hydrogens is 243 g/mol. The Morgan fingerprint density at radius 1 is 1.61 bits per heavy atom. The molecule has 1 atom stereocenters. The van der Waals surface area contributed by atoms with E-state index in [0.717, 1.165) is 12.1 Å². The van der Waals surface area contributed by atoms with Crippen molar-refractivity contribution < 1.29 is 18.8 Å². The molecule has 0 amide bonds. The summed E-state index contributed by atoms with van der Waals surface area (Å²) in [5.74, 6) is -1.33. The molecule has 0 spiro atoms. The van der Waals surface area contributed by atoms with Gasteiger partial charge in [-0.1, -0.05) is 6.07 Å². The molecule has 1 N–H and O–H groups in total. The third kappa shape index (κ3) is 3.49. The van der Waals surface area contributed by atoms with Crippen LogP contribution in [-0.2, 0) is 16.1 Å². The summed E-state index contributed by atoms with van der Waals surface area (Å²) in [5, 5.41) is 13.2. The number of hydrogen-bond donors (Lipinski definition) is 1. The number of benzene rings is 1. The van der Waals surface area contributed by atoms with E-state index in [4.69, 9.17) is 0 Å². The van der Waals surface area contributed by atoms with Crippen LogP contribution >= 0.6 is 0 Å². The topological polar surface area (TPSA) is 81.5 Å². The summed E-state index contributed by atoms with van der Waals surface area (Å²) in [6.45, 7) is 1.82. The Kier molecular flexibility index (Phi) is 4.73. The lowest BCUT2D eigenvalue weighted by molar-refractivity contribution is -0.387. The van der Waals surface area contributed by atoms with Crippen molar-refractivity contribution in [3.05, 3.63) is 39.7 Å². The van der Waals surface area contributed by atoms with Gasteiger partial charge in [-0.05, 0) is 18.6 Å². The maximum Gasteiger partial charge on any atom is 0.322 e. The number of halogens is 1. The molecule has 1 unspecified atom stereocenters. The normalized spacial score (nSPS) is 11.9. The third-order valence-corrected chi connectivity index (χ3v) is 2.38. The molecule has 0 heterocycles. The Morgan fingerprint density at radius 3 is 2.78 bits per heavy atom. The Morgan fingerprint density at radius 2 is 2.28 bits per heavy atom. The highest BCUT2D eigenvalue weighted by atomic mass is 19.1. The number of rotatable bonds is 5. The van der Waals surface area contributed by atoms with E-state index in [1.807, 2.05) is 0 Å². The highest BCUT2D eigenvalue weighted by Gasteiger charge is 2.15. The summed E-state index contributed by atoms with van der Waals surface area (Å²) < 4.78 is 17.8. The Labute approximate surface area is 103 Å². The van der Waals surface area contributed by atoms with Crippen molar-refractivity contribution in [2.75, 3.05) is 7.11 Å². The fraction of sp³-hybridized carbons (Fsp3) is 0.364. The van der Waals surface area contributed by atoms with Crippen LogP contribution in [-0.4, -0.2) is 24.0 Å². The van der Waals surface area contributed by atoms with Crippen LogP contribution in [0.2, 0.25) is 0 Å². The van der Waals surface area contributed by atoms with Crippen LogP contribution in [0.25, 0.3) is 0 Å². The number of carbonyl (C=O) groups is 1. The molecule has 0 aliphatic rings. The standard InChI is InChI=1S/C11H13FN2O4/c1-7(11(15)18-2)13-6-8-3-4-10(14(16)17)9(12)5-8/h3-5,7,13H,6H2,1-2H3. The van der Waals surface area contributed by atoms with Crippen LogP contribution in [0.1, 0.15) is 12.5 Å². The monoisotopic (exact) mass is 256 g/mol. The SMILES string of the molecule is COC(=O)C(C)NCc1ccc([N+](=O)[O-])c(F)c1. The predicted molar refractivity (Wildman–Crippen MR) is 61.4 cm³/mol. The van der Waals surface area contributed by atoms with Crippen molar-refractivity contribution in [3.63, 3.8) is 0 Å². The number of methoxy groups -OCH3 is 1. The molecule has 6 nitrogen and oxygen atoms in total. The van der Waals surface area contributed by atoms with Crippen LogP contribution in [0.3, 0.4) is 0 Å². The largest absolute Gasteiger partial charge is 0.468 e. The second kappa shape index (κ2) is 6.06. The molecule has 0 aliphatic carbocycles. The first-order valence-corrected chi connectivity index (χ1v) is 5.19. The molecule has 0 aliphatic heterocycles. The quantitative estimate of drug-likeness (QED) is 0.489. The number of ether oxygens (including phenoxy) is 1. The first-order chi connectivity index (χ1) is 8.45. The summed E-state index contributed by atoms with van der Waals surface area (Å²) in [4.78, 5) is 20.7. The molecule has 1 rings (SSSR count). The van der Waals surface area contributed by atoms with E-state index in [1.165, 1.54) is 13.2 Å². The van der Waals surface area contributed by atoms with Gasteiger partial charge in [-0.15, -0.1) is 0 Å². The lowest BCUT2D eigenvalue weighted by Gasteiger charge is -2.11. The fourth-order valence-electron chi connectivity index (χ4n) is 1.34. The van der Waals surface area contributed by atoms with E-state index < -0.39 is 28.4 Å². The summed E-state index contributed by atoms with van der Waals surface area (Å²) in [6.07, 6.45) is 0. The summed E-state index contributed by atoms with van der Waals surface area (Å²) >= 11 is 0. The number of nitrogens with one attached hydrogen (secondary N) is 1. The van der Waals surface area contributed by atoms with E-state index in [2.05, 4.69) is 10.1 Å². The molecule has 0 saturated heterocycles. The molecule has 98 valence electrons. The lowest BCUT2D eigenvalue weighted by Crippen LogP contribution is -2.34. The molecule has 0 saturated carbocycles. The van der Waals surface area contributed by atoms with E-state index in [9.17, 15) is 19.3 Å². The van der Waals surface area contributed by atoms with E-state index in [1.54, 1.807) is 6.92 Å². The van der Waals surface area contributed by atoms with Gasteiger partial charge in [-0.3, -0.25) is 14.9 Å². The van der Waals surface area contributed by atoms with Crippen LogP contribution < -0.4 is 5.32 Å². The van der Waals surface area contributed by atoms with Crippen LogP contribution in [0.4, 0.5) is 10.1 Å². The van der Waals surface area contributed by atoms with Gasteiger partial charge >= 0.3 is 11.7 Å². The zero-order valence-electron chi connectivity index (χ0n) is 9.97. The van der Waals surface area contributed by atoms with Gasteiger partial charge in [-0.25, -0.2) is 0 Å².